The third-order valence-electron chi connectivity index (χ3n) is 5.77. The molecule has 0 radical (unpaired) electrons. The Morgan fingerprint density at radius 3 is 2.41 bits per heavy atom. The fraction of sp³-hybridized carbons (Fsp3) is 0.458. The highest BCUT2D eigenvalue weighted by molar-refractivity contribution is 7.99. The number of nitrogens with zero attached hydrogens (tertiary/aromatic N) is 2. The Labute approximate surface area is 177 Å². The van der Waals surface area contributed by atoms with Crippen molar-refractivity contribution in [2.45, 2.75) is 58.4 Å². The van der Waals surface area contributed by atoms with Gasteiger partial charge in [0.05, 0.1) is 11.8 Å². The molecule has 1 aromatic carbocycles. The van der Waals surface area contributed by atoms with Crippen LogP contribution in [-0.2, 0) is 17.6 Å². The first kappa shape index (κ1) is 21.6. The third kappa shape index (κ3) is 4.89. The second-order valence-corrected chi connectivity index (χ2v) is 8.95. The molecule has 0 fully saturated rings. The molecule has 0 bridgehead atoms. The first-order chi connectivity index (χ1) is 13.9. The van der Waals surface area contributed by atoms with E-state index in [1.807, 2.05) is 0 Å². The molecule has 1 heterocycles. The Bertz CT molecular complexity index is 883. The molecule has 0 amide bonds. The van der Waals surface area contributed by atoms with Crippen LogP contribution in [0.15, 0.2) is 41.5 Å². The van der Waals surface area contributed by atoms with Gasteiger partial charge in [-0.1, -0.05) is 38.5 Å². The average Bonchev–Trinajstić information content (AvgIpc) is 2.72. The molecule has 5 heteroatoms. The Hall–Kier alpha value is -2.14. The molecule has 4 nitrogen and oxygen atoms in total. The van der Waals surface area contributed by atoms with E-state index in [9.17, 15) is 9.90 Å². The van der Waals surface area contributed by atoms with Crippen LogP contribution in [0.25, 0.3) is 5.57 Å². The molecule has 0 aliphatic heterocycles. The third-order valence-corrected chi connectivity index (χ3v) is 6.97. The van der Waals surface area contributed by atoms with Crippen LogP contribution in [0.1, 0.15) is 55.9 Å². The molecular formula is C24H30N2O2S. The van der Waals surface area contributed by atoms with Crippen molar-refractivity contribution in [3.05, 3.63) is 58.7 Å². The number of allylic oxidation sites excluding steroid dienone is 2. The van der Waals surface area contributed by atoms with E-state index < -0.39 is 0 Å². The van der Waals surface area contributed by atoms with Crippen molar-refractivity contribution in [1.82, 2.24) is 9.97 Å². The van der Waals surface area contributed by atoms with Crippen molar-refractivity contribution in [3.63, 3.8) is 0 Å². The fourth-order valence-electron chi connectivity index (χ4n) is 4.14. The van der Waals surface area contributed by atoms with E-state index in [0.29, 0.717) is 24.3 Å². The summed E-state index contributed by atoms with van der Waals surface area (Å²) in [6.45, 7) is 8.46. The minimum atomic E-state index is 0.0726. The van der Waals surface area contributed by atoms with Gasteiger partial charge in [-0.15, -0.1) is 11.8 Å². The summed E-state index contributed by atoms with van der Waals surface area (Å²) in [5, 5.41) is 11.8. The Balaban J connectivity index is 1.83. The van der Waals surface area contributed by atoms with Crippen molar-refractivity contribution >= 4 is 23.1 Å². The molecule has 1 aromatic heterocycles. The smallest absolute Gasteiger partial charge is 0.167 e. The molecule has 0 spiro atoms. The van der Waals surface area contributed by atoms with Gasteiger partial charge in [-0.3, -0.25) is 9.78 Å². The molecule has 2 atom stereocenters. The largest absolute Gasteiger partial charge is 0.512 e. The van der Waals surface area contributed by atoms with Gasteiger partial charge in [-0.25, -0.2) is 4.98 Å². The number of benzene rings is 1. The lowest BCUT2D eigenvalue weighted by Gasteiger charge is -2.29. The highest BCUT2D eigenvalue weighted by atomic mass is 32.2. The number of hydrogen-bond donors (Lipinski definition) is 1. The number of Topliss-reactive ketones (excluding diaryl/α,β-unsaturated/α-hetero) is 1. The highest BCUT2D eigenvalue weighted by Crippen LogP contribution is 2.39. The lowest BCUT2D eigenvalue weighted by molar-refractivity contribution is -0.115. The topological polar surface area (TPSA) is 63.1 Å². The molecule has 2 aromatic rings. The standard InChI is InChI=1S/C24H30N2O2S/c1-5-17-9-15(3)10-18(6-2)23(17)24-20(27)11-19(12-21(24)28)16(4)14-29-22-13-25-7-8-26-22/h7-10,13,16,19,27H,5-6,11-12,14H2,1-4H3. The first-order valence-corrected chi connectivity index (χ1v) is 11.4. The van der Waals surface area contributed by atoms with Crippen molar-refractivity contribution in [2.24, 2.45) is 11.8 Å². The zero-order valence-corrected chi connectivity index (χ0v) is 18.6. The minimum absolute atomic E-state index is 0.0726. The maximum atomic E-state index is 13.2. The van der Waals surface area contributed by atoms with Gasteiger partial charge in [0, 0.05) is 31.0 Å². The van der Waals surface area contributed by atoms with Gasteiger partial charge in [-0.05, 0) is 48.3 Å². The highest BCUT2D eigenvalue weighted by Gasteiger charge is 2.33. The van der Waals surface area contributed by atoms with E-state index in [0.717, 1.165) is 40.3 Å². The lowest BCUT2D eigenvalue weighted by Crippen LogP contribution is -2.25. The normalized spacial score (nSPS) is 18.2. The summed E-state index contributed by atoms with van der Waals surface area (Å²) in [6, 6.07) is 4.29. The van der Waals surface area contributed by atoms with E-state index in [1.165, 1.54) is 5.56 Å². The van der Waals surface area contributed by atoms with Crippen LogP contribution in [0, 0.1) is 18.8 Å². The van der Waals surface area contributed by atoms with Gasteiger partial charge >= 0.3 is 0 Å². The Morgan fingerprint density at radius 1 is 1.17 bits per heavy atom. The summed E-state index contributed by atoms with van der Waals surface area (Å²) < 4.78 is 0. The minimum Gasteiger partial charge on any atom is -0.512 e. The number of thioether (sulfide) groups is 1. The zero-order chi connectivity index (χ0) is 21.0. The molecule has 0 saturated carbocycles. The van der Waals surface area contributed by atoms with Crippen molar-refractivity contribution in [2.75, 3.05) is 5.75 Å². The maximum absolute atomic E-state index is 13.2. The van der Waals surface area contributed by atoms with Crippen LogP contribution >= 0.6 is 11.8 Å². The van der Waals surface area contributed by atoms with Gasteiger partial charge in [0.1, 0.15) is 10.8 Å². The second-order valence-electron chi connectivity index (χ2n) is 7.91. The summed E-state index contributed by atoms with van der Waals surface area (Å²) in [4.78, 5) is 21.6. The summed E-state index contributed by atoms with van der Waals surface area (Å²) in [6.07, 6.45) is 7.86. The maximum Gasteiger partial charge on any atom is 0.167 e. The van der Waals surface area contributed by atoms with Gasteiger partial charge in [0.15, 0.2) is 5.78 Å². The Morgan fingerprint density at radius 2 is 1.86 bits per heavy atom. The number of carbonyl (C=O) groups excluding carboxylic acids is 1. The molecule has 0 saturated heterocycles. The fourth-order valence-corrected chi connectivity index (χ4v) is 5.12. The molecule has 29 heavy (non-hydrogen) atoms. The number of hydrogen-bond acceptors (Lipinski definition) is 5. The van der Waals surface area contributed by atoms with Crippen molar-refractivity contribution in [1.29, 1.82) is 0 Å². The van der Waals surface area contributed by atoms with Crippen LogP contribution < -0.4 is 0 Å². The van der Waals surface area contributed by atoms with E-state index >= 15 is 0 Å². The summed E-state index contributed by atoms with van der Waals surface area (Å²) >= 11 is 1.65. The number of ketones is 1. The van der Waals surface area contributed by atoms with E-state index in [1.54, 1.807) is 30.4 Å². The molecule has 1 aliphatic rings. The van der Waals surface area contributed by atoms with Gasteiger partial charge in [0.2, 0.25) is 0 Å². The molecule has 1 N–H and O–H groups in total. The SMILES string of the molecule is CCc1cc(C)cc(CC)c1C1=C(O)CC(C(C)CSc2cnccn2)CC1=O. The second kappa shape index (κ2) is 9.57. The van der Waals surface area contributed by atoms with Gasteiger partial charge in [-0.2, -0.15) is 0 Å². The number of aryl methyl sites for hydroxylation is 3. The number of aliphatic hydroxyl groups excluding tert-OH is 1. The number of aliphatic hydroxyl groups is 1. The van der Waals surface area contributed by atoms with E-state index in [-0.39, 0.29) is 17.5 Å². The number of rotatable bonds is 7. The molecule has 3 rings (SSSR count). The van der Waals surface area contributed by atoms with Crippen LogP contribution in [0.2, 0.25) is 0 Å². The summed E-state index contributed by atoms with van der Waals surface area (Å²) in [5.74, 6) is 1.63. The monoisotopic (exact) mass is 410 g/mol. The predicted molar refractivity (Wildman–Crippen MR) is 119 cm³/mol. The molecule has 1 aliphatic carbocycles. The zero-order valence-electron chi connectivity index (χ0n) is 17.7. The van der Waals surface area contributed by atoms with Crippen molar-refractivity contribution in [3.8, 4) is 0 Å². The summed E-state index contributed by atoms with van der Waals surface area (Å²) in [5.41, 5.74) is 5.05. The van der Waals surface area contributed by atoms with E-state index in [2.05, 4.69) is 49.8 Å². The molecular weight excluding hydrogens is 380 g/mol. The first-order valence-electron chi connectivity index (χ1n) is 10.4. The number of carbonyl (C=O) groups is 1. The lowest BCUT2D eigenvalue weighted by atomic mass is 9.76. The van der Waals surface area contributed by atoms with Gasteiger partial charge in [0.25, 0.3) is 0 Å². The average molecular weight is 411 g/mol. The van der Waals surface area contributed by atoms with Crippen LogP contribution in [-0.4, -0.2) is 26.6 Å². The van der Waals surface area contributed by atoms with Crippen LogP contribution in [0.4, 0.5) is 0 Å². The quantitative estimate of drug-likeness (QED) is 0.603. The van der Waals surface area contributed by atoms with Gasteiger partial charge < -0.3 is 5.11 Å². The predicted octanol–water partition coefficient (Wildman–Crippen LogP) is 5.59. The summed E-state index contributed by atoms with van der Waals surface area (Å²) in [7, 11) is 0. The van der Waals surface area contributed by atoms with E-state index in [4.69, 9.17) is 0 Å². The van der Waals surface area contributed by atoms with Crippen LogP contribution in [0.3, 0.4) is 0 Å². The Kier molecular flexibility index (Phi) is 7.12. The van der Waals surface area contributed by atoms with Crippen molar-refractivity contribution < 1.29 is 9.90 Å². The molecule has 2 unspecified atom stereocenters. The molecule has 154 valence electrons. The van der Waals surface area contributed by atoms with Crippen LogP contribution in [0.5, 0.6) is 0 Å². The number of aromatic nitrogens is 2.